The van der Waals surface area contributed by atoms with Crippen molar-refractivity contribution in [2.75, 3.05) is 4.90 Å². The number of fused-ring (bicyclic) bond motifs is 2. The molecule has 0 bridgehead atoms. The van der Waals surface area contributed by atoms with E-state index in [-0.39, 0.29) is 17.0 Å². The van der Waals surface area contributed by atoms with E-state index in [0.717, 1.165) is 28.2 Å². The molecule has 3 aromatic rings. The van der Waals surface area contributed by atoms with Gasteiger partial charge in [-0.2, -0.15) is 0 Å². The number of hydrogen-bond donors (Lipinski definition) is 0. The molecule has 1 heterocycles. The van der Waals surface area contributed by atoms with Gasteiger partial charge in [-0.25, -0.2) is 0 Å². The molecule has 3 aliphatic rings. The number of benzene rings is 3. The molecule has 1 unspecified atom stereocenters. The minimum Gasteiger partial charge on any atom is -0.313 e. The number of Topliss-reactive ketones (excluding diaryl/α,β-unsaturated/α-hetero) is 2. The summed E-state index contributed by atoms with van der Waals surface area (Å²) < 4.78 is 0. The van der Waals surface area contributed by atoms with Crippen LogP contribution >= 0.6 is 23.2 Å². The van der Waals surface area contributed by atoms with Gasteiger partial charge in [-0.05, 0) is 41.7 Å². The van der Waals surface area contributed by atoms with Gasteiger partial charge in [0, 0.05) is 56.0 Å². The van der Waals surface area contributed by atoms with Gasteiger partial charge in [0.15, 0.2) is 11.6 Å². The first-order valence-electron chi connectivity index (χ1n) is 11.7. The smallest absolute Gasteiger partial charge is 0.192 e. The molecule has 0 amide bonds. The van der Waals surface area contributed by atoms with Gasteiger partial charge in [0.1, 0.15) is 0 Å². The largest absolute Gasteiger partial charge is 0.313 e. The molecule has 0 saturated heterocycles. The van der Waals surface area contributed by atoms with Crippen LogP contribution in [-0.4, -0.2) is 11.6 Å². The zero-order chi connectivity index (χ0) is 24.5. The molecule has 1 atom stereocenters. The van der Waals surface area contributed by atoms with E-state index in [0.29, 0.717) is 39.6 Å². The maximum atomic E-state index is 14.0. The van der Waals surface area contributed by atoms with Crippen LogP contribution in [0.4, 0.5) is 5.69 Å². The Kier molecular flexibility index (Phi) is 5.07. The number of allylic oxidation sites excluding steroid dienone is 3. The average Bonchev–Trinajstić information content (AvgIpc) is 3.10. The lowest BCUT2D eigenvalue weighted by molar-refractivity contribution is -0.118. The van der Waals surface area contributed by atoms with E-state index in [1.165, 1.54) is 0 Å². The Labute approximate surface area is 214 Å². The predicted molar refractivity (Wildman–Crippen MR) is 141 cm³/mol. The SMILES string of the molecule is CC1(C)CC(=O)C2=C(C1)N(c1ccccc1)C1=C(C(=O)c3ccccc31)C2c1ccc(Cl)cc1Cl. The molecule has 0 N–H and O–H groups in total. The van der Waals surface area contributed by atoms with Crippen LogP contribution < -0.4 is 4.90 Å². The van der Waals surface area contributed by atoms with Gasteiger partial charge >= 0.3 is 0 Å². The number of carbonyl (C=O) groups is 2. The third kappa shape index (κ3) is 3.41. The fraction of sp³-hybridized carbons (Fsp3) is 0.200. The van der Waals surface area contributed by atoms with E-state index in [2.05, 4.69) is 18.7 Å². The average molecular weight is 500 g/mol. The Bertz CT molecular complexity index is 1480. The molecule has 0 radical (unpaired) electrons. The molecule has 6 rings (SSSR count). The Morgan fingerprint density at radius 1 is 0.829 bits per heavy atom. The van der Waals surface area contributed by atoms with Crippen LogP contribution in [0.1, 0.15) is 54.1 Å². The van der Waals surface area contributed by atoms with Crippen molar-refractivity contribution in [3.63, 3.8) is 0 Å². The molecule has 0 saturated carbocycles. The third-order valence-corrected chi connectivity index (χ3v) is 7.74. The Hall–Kier alpha value is -3.14. The second kappa shape index (κ2) is 7.94. The Morgan fingerprint density at radius 2 is 1.51 bits per heavy atom. The summed E-state index contributed by atoms with van der Waals surface area (Å²) in [7, 11) is 0. The van der Waals surface area contributed by atoms with Gasteiger partial charge < -0.3 is 4.90 Å². The molecule has 0 fully saturated rings. The number of rotatable bonds is 2. The highest BCUT2D eigenvalue weighted by atomic mass is 35.5. The summed E-state index contributed by atoms with van der Waals surface area (Å²) in [6.07, 6.45) is 1.12. The van der Waals surface area contributed by atoms with Gasteiger partial charge in [0.05, 0.1) is 5.70 Å². The van der Waals surface area contributed by atoms with Crippen molar-refractivity contribution >= 4 is 46.2 Å². The summed E-state index contributed by atoms with van der Waals surface area (Å²) >= 11 is 13.0. The first kappa shape index (κ1) is 22.3. The first-order chi connectivity index (χ1) is 16.8. The van der Waals surface area contributed by atoms with E-state index in [1.807, 2.05) is 60.7 Å². The molecule has 35 heavy (non-hydrogen) atoms. The van der Waals surface area contributed by atoms with Gasteiger partial charge in [0.2, 0.25) is 0 Å². The quantitative estimate of drug-likeness (QED) is 0.360. The van der Waals surface area contributed by atoms with Gasteiger partial charge in [-0.1, -0.05) is 85.6 Å². The van der Waals surface area contributed by atoms with Gasteiger partial charge in [-0.15, -0.1) is 0 Å². The summed E-state index contributed by atoms with van der Waals surface area (Å²) in [4.78, 5) is 30.0. The maximum absolute atomic E-state index is 14.0. The van der Waals surface area contributed by atoms with Crippen molar-refractivity contribution in [3.8, 4) is 0 Å². The number of halogens is 2. The van der Waals surface area contributed by atoms with E-state index in [4.69, 9.17) is 23.2 Å². The summed E-state index contributed by atoms with van der Waals surface area (Å²) in [5, 5.41) is 0.969. The molecule has 5 heteroatoms. The minimum atomic E-state index is -0.548. The molecule has 2 aliphatic carbocycles. The van der Waals surface area contributed by atoms with Crippen molar-refractivity contribution in [1.82, 2.24) is 0 Å². The summed E-state index contributed by atoms with van der Waals surface area (Å²) in [6, 6.07) is 23.0. The number of para-hydroxylation sites is 1. The molecule has 1 aliphatic heterocycles. The summed E-state index contributed by atoms with van der Waals surface area (Å²) in [5.74, 6) is -0.548. The number of carbonyl (C=O) groups excluding carboxylic acids is 2. The topological polar surface area (TPSA) is 37.4 Å². The van der Waals surface area contributed by atoms with Crippen molar-refractivity contribution in [2.45, 2.75) is 32.6 Å². The fourth-order valence-corrected chi connectivity index (χ4v) is 6.33. The standard InChI is InChI=1S/C30H23Cl2NO2/c1-30(2)15-23-26(24(34)16-30)25(21-13-12-17(31)14-22(21)32)27-28(33(23)18-8-4-3-5-9-18)19-10-6-7-11-20(19)29(27)35/h3-14,25H,15-16H2,1-2H3. The molecule has 174 valence electrons. The lowest BCUT2D eigenvalue weighted by Crippen LogP contribution is -2.39. The van der Waals surface area contributed by atoms with Crippen molar-refractivity contribution in [3.05, 3.63) is 116 Å². The van der Waals surface area contributed by atoms with Crippen LogP contribution in [0.2, 0.25) is 10.0 Å². The van der Waals surface area contributed by atoms with Crippen LogP contribution in [0, 0.1) is 5.41 Å². The lowest BCUT2D eigenvalue weighted by atomic mass is 9.68. The molecular weight excluding hydrogens is 477 g/mol. The van der Waals surface area contributed by atoms with E-state index in [1.54, 1.807) is 12.1 Å². The monoisotopic (exact) mass is 499 g/mol. The number of hydrogen-bond acceptors (Lipinski definition) is 3. The second-order valence-corrected chi connectivity index (χ2v) is 11.1. The highest BCUT2D eigenvalue weighted by Gasteiger charge is 2.49. The first-order valence-corrected chi connectivity index (χ1v) is 12.5. The van der Waals surface area contributed by atoms with Crippen LogP contribution in [0.15, 0.2) is 89.6 Å². The lowest BCUT2D eigenvalue weighted by Gasteiger charge is -2.44. The third-order valence-electron chi connectivity index (χ3n) is 7.18. The summed E-state index contributed by atoms with van der Waals surface area (Å²) in [5.41, 5.74) is 6.05. The van der Waals surface area contributed by atoms with Gasteiger partial charge in [0.25, 0.3) is 0 Å². The molecule has 3 aromatic carbocycles. The van der Waals surface area contributed by atoms with Gasteiger partial charge in [-0.3, -0.25) is 9.59 Å². The normalized spacial score (nSPS) is 20.7. The van der Waals surface area contributed by atoms with Crippen molar-refractivity contribution in [2.24, 2.45) is 5.41 Å². The summed E-state index contributed by atoms with van der Waals surface area (Å²) in [6.45, 7) is 4.25. The molecular formula is C30H23Cl2NO2. The van der Waals surface area contributed by atoms with E-state index >= 15 is 0 Å². The second-order valence-electron chi connectivity index (χ2n) is 10.2. The molecule has 0 spiro atoms. The maximum Gasteiger partial charge on any atom is 0.192 e. The Morgan fingerprint density at radius 3 is 2.23 bits per heavy atom. The van der Waals surface area contributed by atoms with Crippen molar-refractivity contribution in [1.29, 1.82) is 0 Å². The highest BCUT2D eigenvalue weighted by molar-refractivity contribution is 6.35. The molecule has 3 nitrogen and oxygen atoms in total. The van der Waals surface area contributed by atoms with Crippen LogP contribution in [-0.2, 0) is 4.79 Å². The Balaban J connectivity index is 1.72. The van der Waals surface area contributed by atoms with Crippen LogP contribution in [0.3, 0.4) is 0 Å². The van der Waals surface area contributed by atoms with Crippen molar-refractivity contribution < 1.29 is 9.59 Å². The van der Waals surface area contributed by atoms with Crippen LogP contribution in [0.25, 0.3) is 5.70 Å². The fourth-order valence-electron chi connectivity index (χ4n) is 5.81. The zero-order valence-corrected chi connectivity index (χ0v) is 21.0. The number of nitrogens with zero attached hydrogens (tertiary/aromatic N) is 1. The molecule has 0 aromatic heterocycles. The zero-order valence-electron chi connectivity index (χ0n) is 19.4. The predicted octanol–water partition coefficient (Wildman–Crippen LogP) is 7.85. The number of ketones is 2. The van der Waals surface area contributed by atoms with E-state index in [9.17, 15) is 9.59 Å². The number of anilines is 1. The highest BCUT2D eigenvalue weighted by Crippen LogP contribution is 2.56. The van der Waals surface area contributed by atoms with E-state index < -0.39 is 5.92 Å². The van der Waals surface area contributed by atoms with Crippen LogP contribution in [0.5, 0.6) is 0 Å². The minimum absolute atomic E-state index is 0.0586.